The molecule has 1 saturated heterocycles. The predicted octanol–water partition coefficient (Wildman–Crippen LogP) is 3.89. The fourth-order valence-electron chi connectivity index (χ4n) is 6.69. The second-order valence-corrected chi connectivity index (χ2v) is 13.0. The first-order valence-electron chi connectivity index (χ1n) is 17.2. The number of hydrazone groups is 1. The van der Waals surface area contributed by atoms with E-state index in [4.69, 9.17) is 29.5 Å². The van der Waals surface area contributed by atoms with Gasteiger partial charge in [-0.1, -0.05) is 35.8 Å². The van der Waals surface area contributed by atoms with Crippen molar-refractivity contribution in [3.05, 3.63) is 99.7 Å². The molecule has 0 spiro atoms. The number of methoxy groups -OCH3 is 1. The lowest BCUT2D eigenvalue weighted by Gasteiger charge is -2.22. The number of ether oxygens (including phenoxy) is 5. The zero-order chi connectivity index (χ0) is 34.7. The van der Waals surface area contributed by atoms with Crippen LogP contribution >= 0.6 is 0 Å². The fraction of sp³-hybridized carbons (Fsp3) is 0.350. The van der Waals surface area contributed by atoms with Crippen LogP contribution in [0.4, 0.5) is 0 Å². The van der Waals surface area contributed by atoms with Gasteiger partial charge >= 0.3 is 5.69 Å². The van der Waals surface area contributed by atoms with Gasteiger partial charge in [-0.05, 0) is 67.1 Å². The molecule has 0 radical (unpaired) electrons. The van der Waals surface area contributed by atoms with Crippen molar-refractivity contribution in [3.8, 4) is 52.3 Å². The molecule has 3 fully saturated rings. The fourth-order valence-corrected chi connectivity index (χ4v) is 6.69. The van der Waals surface area contributed by atoms with Crippen molar-refractivity contribution in [3.63, 3.8) is 0 Å². The number of fused-ring (bicyclic) bond motifs is 3. The van der Waals surface area contributed by atoms with E-state index in [9.17, 15) is 4.79 Å². The Morgan fingerprint density at radius 1 is 0.980 bits per heavy atom. The van der Waals surface area contributed by atoms with E-state index >= 15 is 0 Å². The standard InChI is InChI=1S/C40H37N5O6/c1-47-30-11-13-35(42-22-30)39(44-41)27-7-2-25(3-8-27)4-9-28-19-33(28)34-20-29(34)10-5-26-6-12-32-36-21-38(51-24-31-23-48-16-17-49-31)43-40(46)45(36)14-15-50-37(32)18-26/h2-3,6-8,11-13,18,21-22,28-29,31,33-34H,14-17,19-20,23-24,41H2,1H3. The molecule has 11 nitrogen and oxygen atoms in total. The highest BCUT2D eigenvalue weighted by atomic mass is 16.6. The summed E-state index contributed by atoms with van der Waals surface area (Å²) >= 11 is 0. The average molecular weight is 684 g/mol. The molecule has 0 bridgehead atoms. The van der Waals surface area contributed by atoms with E-state index in [1.165, 1.54) is 0 Å². The Kier molecular flexibility index (Phi) is 9.14. The third-order valence-electron chi connectivity index (χ3n) is 9.66. The lowest BCUT2D eigenvalue weighted by molar-refractivity contribution is -0.102. The minimum absolute atomic E-state index is 0.191. The van der Waals surface area contributed by atoms with Gasteiger partial charge in [0, 0.05) is 40.2 Å². The second kappa shape index (κ2) is 14.3. The number of benzene rings is 2. The second-order valence-electron chi connectivity index (χ2n) is 13.0. The van der Waals surface area contributed by atoms with Crippen molar-refractivity contribution >= 4 is 5.71 Å². The van der Waals surface area contributed by atoms with E-state index in [0.717, 1.165) is 35.1 Å². The van der Waals surface area contributed by atoms with Gasteiger partial charge in [-0.15, -0.1) is 0 Å². The normalized spacial score (nSPS) is 23.1. The smallest absolute Gasteiger partial charge is 0.351 e. The van der Waals surface area contributed by atoms with Crippen molar-refractivity contribution in [2.45, 2.75) is 25.5 Å². The lowest BCUT2D eigenvalue weighted by Crippen LogP contribution is -2.34. The van der Waals surface area contributed by atoms with Crippen LogP contribution < -0.4 is 25.7 Å². The number of nitrogens with two attached hydrogens (primary N) is 1. The van der Waals surface area contributed by atoms with Gasteiger partial charge in [-0.2, -0.15) is 10.1 Å². The molecule has 258 valence electrons. The van der Waals surface area contributed by atoms with Gasteiger partial charge in [-0.25, -0.2) is 4.79 Å². The zero-order valence-electron chi connectivity index (χ0n) is 28.2. The summed E-state index contributed by atoms with van der Waals surface area (Å²) in [6, 6.07) is 19.3. The topological polar surface area (TPSA) is 132 Å². The molecular weight excluding hydrogens is 646 g/mol. The summed E-state index contributed by atoms with van der Waals surface area (Å²) in [4.78, 5) is 21.4. The third-order valence-corrected chi connectivity index (χ3v) is 9.66. The van der Waals surface area contributed by atoms with Crippen LogP contribution in [0.5, 0.6) is 17.4 Å². The van der Waals surface area contributed by atoms with Crippen molar-refractivity contribution in [1.82, 2.24) is 14.5 Å². The highest BCUT2D eigenvalue weighted by Gasteiger charge is 2.52. The summed E-state index contributed by atoms with van der Waals surface area (Å²) in [6.45, 7) is 2.56. The number of hydrogen-bond donors (Lipinski definition) is 1. The van der Waals surface area contributed by atoms with Crippen LogP contribution in [0.25, 0.3) is 11.3 Å². The van der Waals surface area contributed by atoms with E-state index in [1.54, 1.807) is 23.9 Å². The summed E-state index contributed by atoms with van der Waals surface area (Å²) in [7, 11) is 1.60. The van der Waals surface area contributed by atoms with Crippen LogP contribution in [0.15, 0.2) is 76.8 Å². The molecule has 2 aromatic heterocycles. The molecule has 4 aliphatic rings. The molecule has 0 amide bonds. The maximum atomic E-state index is 12.9. The molecule has 2 aliphatic heterocycles. The Morgan fingerprint density at radius 3 is 2.47 bits per heavy atom. The predicted molar refractivity (Wildman–Crippen MR) is 189 cm³/mol. The summed E-state index contributed by atoms with van der Waals surface area (Å²) < 4.78 is 29.8. The molecule has 5 unspecified atom stereocenters. The molecule has 51 heavy (non-hydrogen) atoms. The molecule has 4 heterocycles. The molecule has 5 atom stereocenters. The number of aromatic nitrogens is 3. The Bertz CT molecular complexity index is 2130. The molecule has 2 N–H and O–H groups in total. The number of pyridine rings is 1. The first kappa shape index (κ1) is 32.6. The Labute approximate surface area is 295 Å². The minimum Gasteiger partial charge on any atom is -0.495 e. The van der Waals surface area contributed by atoms with Gasteiger partial charge in [-0.3, -0.25) is 9.55 Å². The van der Waals surface area contributed by atoms with E-state index in [0.29, 0.717) is 85.2 Å². The number of nitrogens with zero attached hydrogens (tertiary/aromatic N) is 4. The molecule has 8 rings (SSSR count). The highest BCUT2D eigenvalue weighted by Crippen LogP contribution is 2.57. The molecule has 2 aliphatic carbocycles. The van der Waals surface area contributed by atoms with Crippen molar-refractivity contribution in [2.24, 2.45) is 34.6 Å². The number of rotatable bonds is 7. The monoisotopic (exact) mass is 683 g/mol. The maximum Gasteiger partial charge on any atom is 0.351 e. The summed E-state index contributed by atoms with van der Waals surface area (Å²) in [5.41, 5.74) is 5.13. The van der Waals surface area contributed by atoms with Crippen LogP contribution in [0.1, 0.15) is 35.2 Å². The van der Waals surface area contributed by atoms with E-state index in [2.05, 4.69) is 38.8 Å². The summed E-state index contributed by atoms with van der Waals surface area (Å²) in [6.07, 6.45) is 3.68. The number of hydrogen-bond acceptors (Lipinski definition) is 10. The Morgan fingerprint density at radius 2 is 1.76 bits per heavy atom. The van der Waals surface area contributed by atoms with Crippen molar-refractivity contribution in [2.75, 3.05) is 40.1 Å². The van der Waals surface area contributed by atoms with Gasteiger partial charge in [0.2, 0.25) is 5.88 Å². The third kappa shape index (κ3) is 7.32. The Hall–Kier alpha value is -5.62. The molecule has 11 heteroatoms. The SMILES string of the molecule is COc1ccc(C(=NN)c2ccc(C#CC3CC3C3CC3C#Cc3ccc4c(c3)OCCn3c-4cc(OCC4COCCO4)nc3=O)cc2)nc1. The van der Waals surface area contributed by atoms with Gasteiger partial charge in [0.1, 0.15) is 36.5 Å². The quantitative estimate of drug-likeness (QED) is 0.133. The van der Waals surface area contributed by atoms with E-state index in [1.807, 2.05) is 54.6 Å². The maximum absolute atomic E-state index is 12.9. The average Bonchev–Trinajstić information content (AvgIpc) is 4.10. The minimum atomic E-state index is -0.376. The lowest BCUT2D eigenvalue weighted by atomic mass is 10.0. The Balaban J connectivity index is 0.879. The highest BCUT2D eigenvalue weighted by molar-refractivity contribution is 6.11. The van der Waals surface area contributed by atoms with Gasteiger partial charge < -0.3 is 29.5 Å². The van der Waals surface area contributed by atoms with Crippen molar-refractivity contribution in [1.29, 1.82) is 0 Å². The summed E-state index contributed by atoms with van der Waals surface area (Å²) in [5.74, 6) is 23.0. The van der Waals surface area contributed by atoms with Crippen LogP contribution in [0, 0.1) is 47.4 Å². The van der Waals surface area contributed by atoms with E-state index in [-0.39, 0.29) is 24.3 Å². The van der Waals surface area contributed by atoms with Crippen LogP contribution in [0.3, 0.4) is 0 Å². The van der Waals surface area contributed by atoms with Crippen molar-refractivity contribution < 1.29 is 23.7 Å². The van der Waals surface area contributed by atoms with E-state index < -0.39 is 0 Å². The van der Waals surface area contributed by atoms with Crippen LogP contribution in [-0.2, 0) is 16.0 Å². The first-order chi connectivity index (χ1) is 25.1. The van der Waals surface area contributed by atoms with Gasteiger partial charge in [0.15, 0.2) is 0 Å². The van der Waals surface area contributed by atoms with Gasteiger partial charge in [0.05, 0.1) is 51.1 Å². The zero-order valence-corrected chi connectivity index (χ0v) is 28.2. The summed E-state index contributed by atoms with van der Waals surface area (Å²) in [5, 5.41) is 3.97. The first-order valence-corrected chi connectivity index (χ1v) is 17.2. The van der Waals surface area contributed by atoms with Crippen LogP contribution in [0.2, 0.25) is 0 Å². The molecule has 2 saturated carbocycles. The molecular formula is C40H37N5O6. The van der Waals surface area contributed by atoms with Gasteiger partial charge in [0.25, 0.3) is 0 Å². The van der Waals surface area contributed by atoms with Crippen LogP contribution in [-0.4, -0.2) is 66.5 Å². The molecule has 4 aromatic rings. The largest absolute Gasteiger partial charge is 0.495 e. The molecule has 2 aromatic carbocycles.